The maximum Gasteiger partial charge on any atom is 0.291 e. The van der Waals surface area contributed by atoms with Crippen molar-refractivity contribution in [1.82, 2.24) is 4.98 Å². The van der Waals surface area contributed by atoms with Gasteiger partial charge in [0.25, 0.3) is 5.91 Å². The molecule has 0 saturated carbocycles. The molecule has 0 unspecified atom stereocenters. The topological polar surface area (TPSA) is 55.1 Å². The van der Waals surface area contributed by atoms with Gasteiger partial charge in [-0.05, 0) is 40.2 Å². The molecule has 0 aliphatic carbocycles. The molecule has 0 radical (unpaired) electrons. The van der Waals surface area contributed by atoms with Crippen LogP contribution in [0.4, 0.5) is 5.69 Å². The van der Waals surface area contributed by atoms with Gasteiger partial charge in [0.1, 0.15) is 0 Å². The van der Waals surface area contributed by atoms with Gasteiger partial charge in [-0.15, -0.1) is 0 Å². The average molecular weight is 317 g/mol. The van der Waals surface area contributed by atoms with Crippen LogP contribution >= 0.6 is 15.9 Å². The van der Waals surface area contributed by atoms with E-state index in [1.807, 2.05) is 24.3 Å². The Bertz CT molecular complexity index is 738. The van der Waals surface area contributed by atoms with Gasteiger partial charge in [-0.1, -0.05) is 12.1 Å². The maximum absolute atomic E-state index is 11.9. The molecule has 2 heterocycles. The molecule has 3 aromatic rings. The summed E-state index contributed by atoms with van der Waals surface area (Å²) in [6.45, 7) is 0. The van der Waals surface area contributed by atoms with E-state index < -0.39 is 0 Å². The van der Waals surface area contributed by atoms with Crippen LogP contribution in [-0.4, -0.2) is 10.9 Å². The lowest BCUT2D eigenvalue weighted by atomic mass is 10.2. The Morgan fingerprint density at radius 2 is 2.16 bits per heavy atom. The van der Waals surface area contributed by atoms with Crippen LogP contribution in [0.15, 0.2) is 57.7 Å². The summed E-state index contributed by atoms with van der Waals surface area (Å²) >= 11 is 3.37. The van der Waals surface area contributed by atoms with E-state index in [-0.39, 0.29) is 11.7 Å². The number of nitrogens with zero attached hydrogens (tertiary/aromatic N) is 1. The molecule has 0 saturated heterocycles. The van der Waals surface area contributed by atoms with Crippen molar-refractivity contribution < 1.29 is 9.21 Å². The molecule has 1 amide bonds. The van der Waals surface area contributed by atoms with Crippen LogP contribution in [-0.2, 0) is 0 Å². The second-order valence-corrected chi connectivity index (χ2v) is 4.88. The monoisotopic (exact) mass is 316 g/mol. The number of hydrogen-bond donors (Lipinski definition) is 1. The summed E-state index contributed by atoms with van der Waals surface area (Å²) in [6, 6.07) is 10.9. The predicted octanol–water partition coefficient (Wildman–Crippen LogP) is 3.84. The number of rotatable bonds is 2. The molecule has 5 heteroatoms. The van der Waals surface area contributed by atoms with Crippen molar-refractivity contribution in [3.63, 3.8) is 0 Å². The number of aromatic nitrogens is 1. The SMILES string of the molecule is O=C(Nc1cccc2cc(Br)cnc12)c1ccco1. The number of para-hydroxylation sites is 1. The third kappa shape index (κ3) is 2.37. The van der Waals surface area contributed by atoms with E-state index in [9.17, 15) is 4.79 Å². The van der Waals surface area contributed by atoms with Gasteiger partial charge < -0.3 is 9.73 Å². The van der Waals surface area contributed by atoms with E-state index in [0.717, 1.165) is 15.4 Å². The molecule has 94 valence electrons. The second-order valence-electron chi connectivity index (χ2n) is 3.96. The summed E-state index contributed by atoms with van der Waals surface area (Å²) in [5.41, 5.74) is 1.40. The maximum atomic E-state index is 11.9. The van der Waals surface area contributed by atoms with Crippen molar-refractivity contribution in [1.29, 1.82) is 0 Å². The fraction of sp³-hybridized carbons (Fsp3) is 0. The lowest BCUT2D eigenvalue weighted by Gasteiger charge is -2.06. The van der Waals surface area contributed by atoms with E-state index in [1.165, 1.54) is 6.26 Å². The van der Waals surface area contributed by atoms with E-state index in [1.54, 1.807) is 18.3 Å². The first-order chi connectivity index (χ1) is 9.24. The number of nitrogens with one attached hydrogen (secondary N) is 1. The zero-order valence-electron chi connectivity index (χ0n) is 9.76. The number of hydrogen-bond acceptors (Lipinski definition) is 3. The minimum atomic E-state index is -0.290. The summed E-state index contributed by atoms with van der Waals surface area (Å²) < 4.78 is 5.96. The molecule has 0 spiro atoms. The zero-order chi connectivity index (χ0) is 13.2. The van der Waals surface area contributed by atoms with Gasteiger partial charge in [0.15, 0.2) is 5.76 Å². The van der Waals surface area contributed by atoms with Gasteiger partial charge in [0.05, 0.1) is 17.5 Å². The fourth-order valence-electron chi connectivity index (χ4n) is 1.83. The molecule has 0 atom stereocenters. The Morgan fingerprint density at radius 3 is 2.95 bits per heavy atom. The normalized spacial score (nSPS) is 10.6. The molecule has 0 aliphatic rings. The van der Waals surface area contributed by atoms with E-state index in [0.29, 0.717) is 5.69 Å². The number of pyridine rings is 1. The summed E-state index contributed by atoms with van der Waals surface area (Å²) in [6.07, 6.45) is 3.16. The Kier molecular flexibility index (Phi) is 3.05. The smallest absolute Gasteiger partial charge is 0.291 e. The molecular weight excluding hydrogens is 308 g/mol. The van der Waals surface area contributed by atoms with Crippen LogP contribution in [0, 0.1) is 0 Å². The quantitative estimate of drug-likeness (QED) is 0.781. The molecule has 1 N–H and O–H groups in total. The van der Waals surface area contributed by atoms with E-state index in [2.05, 4.69) is 26.2 Å². The van der Waals surface area contributed by atoms with Gasteiger partial charge >= 0.3 is 0 Å². The molecule has 19 heavy (non-hydrogen) atoms. The highest BCUT2D eigenvalue weighted by molar-refractivity contribution is 9.10. The van der Waals surface area contributed by atoms with E-state index in [4.69, 9.17) is 4.42 Å². The summed E-state index contributed by atoms with van der Waals surface area (Å²) in [5, 5.41) is 3.75. The minimum Gasteiger partial charge on any atom is -0.459 e. The van der Waals surface area contributed by atoms with E-state index >= 15 is 0 Å². The number of amides is 1. The first-order valence-electron chi connectivity index (χ1n) is 5.63. The molecule has 2 aromatic heterocycles. The third-order valence-electron chi connectivity index (χ3n) is 2.67. The van der Waals surface area contributed by atoms with Crippen LogP contribution < -0.4 is 5.32 Å². The zero-order valence-corrected chi connectivity index (χ0v) is 11.3. The van der Waals surface area contributed by atoms with Crippen molar-refractivity contribution in [3.8, 4) is 0 Å². The molecule has 0 bridgehead atoms. The number of benzene rings is 1. The first kappa shape index (κ1) is 11.9. The standard InChI is InChI=1S/C14H9BrN2O2/c15-10-7-9-3-1-4-11(13(9)16-8-10)17-14(18)12-5-2-6-19-12/h1-8H,(H,17,18). The predicted molar refractivity (Wildman–Crippen MR) is 76.1 cm³/mol. The highest BCUT2D eigenvalue weighted by Crippen LogP contribution is 2.24. The van der Waals surface area contributed by atoms with Crippen molar-refractivity contribution in [2.24, 2.45) is 0 Å². The molecule has 0 aliphatic heterocycles. The van der Waals surface area contributed by atoms with Crippen molar-refractivity contribution in [2.45, 2.75) is 0 Å². The van der Waals surface area contributed by atoms with Crippen molar-refractivity contribution in [3.05, 3.63) is 59.1 Å². The second kappa shape index (κ2) is 4.85. The van der Waals surface area contributed by atoms with Crippen LogP contribution in [0.5, 0.6) is 0 Å². The number of halogens is 1. The number of furan rings is 1. The van der Waals surface area contributed by atoms with Crippen molar-refractivity contribution >= 4 is 38.4 Å². The molecule has 3 rings (SSSR count). The van der Waals surface area contributed by atoms with Gasteiger partial charge in [0, 0.05) is 16.1 Å². The Labute approximate surface area is 117 Å². The highest BCUT2D eigenvalue weighted by Gasteiger charge is 2.11. The summed E-state index contributed by atoms with van der Waals surface area (Å²) in [5.74, 6) is -0.0173. The number of carbonyl (C=O) groups excluding carboxylic acids is 1. The number of fused-ring (bicyclic) bond motifs is 1. The lowest BCUT2D eigenvalue weighted by Crippen LogP contribution is -2.11. The average Bonchev–Trinajstić information content (AvgIpc) is 2.92. The Balaban J connectivity index is 1.99. The van der Waals surface area contributed by atoms with Gasteiger partial charge in [-0.3, -0.25) is 9.78 Å². The fourth-order valence-corrected chi connectivity index (χ4v) is 2.18. The highest BCUT2D eigenvalue weighted by atomic mass is 79.9. The van der Waals surface area contributed by atoms with Crippen molar-refractivity contribution in [2.75, 3.05) is 5.32 Å². The summed E-state index contributed by atoms with van der Waals surface area (Å²) in [4.78, 5) is 16.3. The third-order valence-corrected chi connectivity index (χ3v) is 3.10. The van der Waals surface area contributed by atoms with Gasteiger partial charge in [-0.2, -0.15) is 0 Å². The molecular formula is C14H9BrN2O2. The molecule has 1 aromatic carbocycles. The number of carbonyl (C=O) groups is 1. The molecule has 0 fully saturated rings. The van der Waals surface area contributed by atoms with Crippen LogP contribution in [0.1, 0.15) is 10.6 Å². The van der Waals surface area contributed by atoms with Crippen LogP contribution in [0.25, 0.3) is 10.9 Å². The van der Waals surface area contributed by atoms with Crippen LogP contribution in [0.3, 0.4) is 0 Å². The van der Waals surface area contributed by atoms with Gasteiger partial charge in [-0.25, -0.2) is 0 Å². The first-order valence-corrected chi connectivity index (χ1v) is 6.42. The van der Waals surface area contributed by atoms with Gasteiger partial charge in [0.2, 0.25) is 0 Å². The minimum absolute atomic E-state index is 0.272. The lowest BCUT2D eigenvalue weighted by molar-refractivity contribution is 0.0997. The Hall–Kier alpha value is -2.14. The summed E-state index contributed by atoms with van der Waals surface area (Å²) in [7, 11) is 0. The Morgan fingerprint density at radius 1 is 1.26 bits per heavy atom. The molecule has 4 nitrogen and oxygen atoms in total. The number of anilines is 1. The van der Waals surface area contributed by atoms with Crippen LogP contribution in [0.2, 0.25) is 0 Å². The largest absolute Gasteiger partial charge is 0.459 e.